The number of hydrogen-bond acceptors (Lipinski definition) is 3. The third-order valence-electron chi connectivity index (χ3n) is 1.59. The highest BCUT2D eigenvalue weighted by molar-refractivity contribution is 5.31. The molecule has 0 unspecified atom stereocenters. The van der Waals surface area contributed by atoms with Crippen LogP contribution in [0.25, 0.3) is 0 Å². The SMILES string of the molecule is N[C@@H](c1cc([N+](=O)[O-])c[nH]1)C(F)(F)F. The molecule has 0 saturated heterocycles. The Morgan fingerprint density at radius 2 is 2.14 bits per heavy atom. The van der Waals surface area contributed by atoms with Gasteiger partial charge in [-0.05, 0) is 0 Å². The highest BCUT2D eigenvalue weighted by Gasteiger charge is 2.39. The van der Waals surface area contributed by atoms with Crippen LogP contribution in [0.5, 0.6) is 0 Å². The van der Waals surface area contributed by atoms with E-state index in [1.807, 2.05) is 0 Å². The molecule has 5 nitrogen and oxygen atoms in total. The Kier molecular flexibility index (Phi) is 2.47. The van der Waals surface area contributed by atoms with Gasteiger partial charge in [-0.1, -0.05) is 0 Å². The molecule has 1 rings (SSSR count). The van der Waals surface area contributed by atoms with E-state index in [9.17, 15) is 23.3 Å². The van der Waals surface area contributed by atoms with Crippen molar-refractivity contribution in [2.24, 2.45) is 5.73 Å². The monoisotopic (exact) mass is 209 g/mol. The molecular formula is C6H6F3N3O2. The number of halogens is 3. The predicted molar refractivity (Wildman–Crippen MR) is 40.4 cm³/mol. The molecule has 78 valence electrons. The minimum atomic E-state index is -4.61. The van der Waals surface area contributed by atoms with Crippen molar-refractivity contribution in [1.82, 2.24) is 4.98 Å². The highest BCUT2D eigenvalue weighted by Crippen LogP contribution is 2.31. The Morgan fingerprint density at radius 1 is 1.57 bits per heavy atom. The zero-order valence-electron chi connectivity index (χ0n) is 6.71. The van der Waals surface area contributed by atoms with Gasteiger partial charge in [-0.3, -0.25) is 10.1 Å². The fraction of sp³-hybridized carbons (Fsp3) is 0.333. The average molecular weight is 209 g/mol. The van der Waals surface area contributed by atoms with Gasteiger partial charge in [0.2, 0.25) is 0 Å². The number of nitrogens with zero attached hydrogens (tertiary/aromatic N) is 1. The Hall–Kier alpha value is -1.57. The second-order valence-electron chi connectivity index (χ2n) is 2.59. The van der Waals surface area contributed by atoms with Crippen molar-refractivity contribution in [1.29, 1.82) is 0 Å². The van der Waals surface area contributed by atoms with Crippen molar-refractivity contribution in [3.63, 3.8) is 0 Å². The molecular weight excluding hydrogens is 203 g/mol. The lowest BCUT2D eigenvalue weighted by Gasteiger charge is -2.12. The van der Waals surface area contributed by atoms with Crippen LogP contribution >= 0.6 is 0 Å². The Bertz CT molecular complexity index is 346. The molecule has 0 aliphatic rings. The van der Waals surface area contributed by atoms with E-state index in [-0.39, 0.29) is 0 Å². The molecule has 1 heterocycles. The highest BCUT2D eigenvalue weighted by atomic mass is 19.4. The summed E-state index contributed by atoms with van der Waals surface area (Å²) in [5, 5.41) is 10.2. The summed E-state index contributed by atoms with van der Waals surface area (Å²) in [7, 11) is 0. The molecule has 1 aromatic heterocycles. The molecule has 0 saturated carbocycles. The van der Waals surface area contributed by atoms with Gasteiger partial charge in [0.15, 0.2) is 0 Å². The molecule has 0 bridgehead atoms. The first kappa shape index (κ1) is 10.5. The lowest BCUT2D eigenvalue weighted by molar-refractivity contribution is -0.384. The summed E-state index contributed by atoms with van der Waals surface area (Å²) in [5.74, 6) is 0. The number of aromatic amines is 1. The topological polar surface area (TPSA) is 84.9 Å². The summed E-state index contributed by atoms with van der Waals surface area (Å²) in [5.41, 5.74) is 3.94. The molecule has 14 heavy (non-hydrogen) atoms. The summed E-state index contributed by atoms with van der Waals surface area (Å²) in [6.07, 6.45) is -3.75. The van der Waals surface area contributed by atoms with Crippen LogP contribution in [0.2, 0.25) is 0 Å². The van der Waals surface area contributed by atoms with Crippen molar-refractivity contribution in [3.8, 4) is 0 Å². The Balaban J connectivity index is 2.92. The second-order valence-corrected chi connectivity index (χ2v) is 2.59. The first-order chi connectivity index (χ1) is 6.32. The third kappa shape index (κ3) is 2.02. The summed E-state index contributed by atoms with van der Waals surface area (Å²) >= 11 is 0. The van der Waals surface area contributed by atoms with Gasteiger partial charge in [0.05, 0.1) is 11.1 Å². The van der Waals surface area contributed by atoms with Crippen LogP contribution in [0.4, 0.5) is 18.9 Å². The van der Waals surface area contributed by atoms with Crippen LogP contribution in [0.1, 0.15) is 11.7 Å². The zero-order chi connectivity index (χ0) is 10.9. The summed E-state index contributed by atoms with van der Waals surface area (Å²) in [6.45, 7) is 0. The summed E-state index contributed by atoms with van der Waals surface area (Å²) in [4.78, 5) is 11.5. The second kappa shape index (κ2) is 3.29. The van der Waals surface area contributed by atoms with Crippen LogP contribution in [0, 0.1) is 10.1 Å². The smallest absolute Gasteiger partial charge is 0.358 e. The number of hydrogen-bond donors (Lipinski definition) is 2. The maximum Gasteiger partial charge on any atom is 0.409 e. The van der Waals surface area contributed by atoms with E-state index in [2.05, 4.69) is 4.98 Å². The lowest BCUT2D eigenvalue weighted by atomic mass is 10.2. The lowest BCUT2D eigenvalue weighted by Crippen LogP contribution is -2.28. The van der Waals surface area contributed by atoms with Gasteiger partial charge >= 0.3 is 6.18 Å². The van der Waals surface area contributed by atoms with Crippen LogP contribution in [-0.4, -0.2) is 16.1 Å². The van der Waals surface area contributed by atoms with Crippen molar-refractivity contribution in [2.75, 3.05) is 0 Å². The molecule has 0 amide bonds. The number of nitrogens with one attached hydrogen (secondary N) is 1. The standard InChI is InChI=1S/C6H6F3N3O2/c7-6(8,9)5(10)4-1-3(2-11-4)12(13)14/h1-2,5,11H,10H2/t5-/m0/s1. The number of rotatable bonds is 2. The molecule has 0 aliphatic heterocycles. The van der Waals surface area contributed by atoms with Gasteiger partial charge in [0.1, 0.15) is 6.04 Å². The van der Waals surface area contributed by atoms with E-state index in [0.717, 1.165) is 12.3 Å². The fourth-order valence-electron chi connectivity index (χ4n) is 0.861. The molecule has 1 atom stereocenters. The van der Waals surface area contributed by atoms with E-state index >= 15 is 0 Å². The largest absolute Gasteiger partial charge is 0.409 e. The minimum Gasteiger partial charge on any atom is -0.358 e. The van der Waals surface area contributed by atoms with Crippen LogP contribution in [0.15, 0.2) is 12.3 Å². The molecule has 1 aromatic rings. The number of nitro groups is 1. The summed E-state index contributed by atoms with van der Waals surface area (Å²) < 4.78 is 36.1. The Morgan fingerprint density at radius 3 is 2.50 bits per heavy atom. The van der Waals surface area contributed by atoms with Crippen LogP contribution in [-0.2, 0) is 0 Å². The van der Waals surface area contributed by atoms with Crippen molar-refractivity contribution < 1.29 is 18.1 Å². The Labute approximate surface area is 75.9 Å². The number of aromatic nitrogens is 1. The van der Waals surface area contributed by atoms with Crippen LogP contribution in [0.3, 0.4) is 0 Å². The minimum absolute atomic E-state index is 0.427. The quantitative estimate of drug-likeness (QED) is 0.571. The van der Waals surface area contributed by atoms with Crippen LogP contribution < -0.4 is 5.73 Å². The van der Waals surface area contributed by atoms with Gasteiger partial charge in [0.25, 0.3) is 5.69 Å². The molecule has 0 aromatic carbocycles. The maximum atomic E-state index is 12.0. The van der Waals surface area contributed by atoms with Gasteiger partial charge in [0, 0.05) is 11.8 Å². The molecule has 0 spiro atoms. The number of nitrogens with two attached hydrogens (primary N) is 1. The number of H-pyrrole nitrogens is 1. The molecule has 8 heteroatoms. The fourth-order valence-corrected chi connectivity index (χ4v) is 0.861. The van der Waals surface area contributed by atoms with E-state index in [1.54, 1.807) is 0 Å². The number of alkyl halides is 3. The van der Waals surface area contributed by atoms with E-state index < -0.39 is 28.5 Å². The van der Waals surface area contributed by atoms with E-state index in [0.29, 0.717) is 0 Å². The normalized spacial score (nSPS) is 14.0. The van der Waals surface area contributed by atoms with Gasteiger partial charge < -0.3 is 10.7 Å². The first-order valence-corrected chi connectivity index (χ1v) is 3.47. The van der Waals surface area contributed by atoms with Gasteiger partial charge in [-0.2, -0.15) is 13.2 Å². The van der Waals surface area contributed by atoms with Crippen molar-refractivity contribution >= 4 is 5.69 Å². The molecule has 0 radical (unpaired) electrons. The van der Waals surface area contributed by atoms with Crippen molar-refractivity contribution in [2.45, 2.75) is 12.2 Å². The molecule has 0 fully saturated rings. The predicted octanol–water partition coefficient (Wildman–Crippen LogP) is 1.48. The van der Waals surface area contributed by atoms with Crippen molar-refractivity contribution in [3.05, 3.63) is 28.1 Å². The van der Waals surface area contributed by atoms with E-state index in [1.165, 1.54) is 0 Å². The average Bonchev–Trinajstić information content (AvgIpc) is 2.48. The maximum absolute atomic E-state index is 12.0. The molecule has 3 N–H and O–H groups in total. The summed E-state index contributed by atoms with van der Waals surface area (Å²) in [6, 6.07) is -1.46. The first-order valence-electron chi connectivity index (χ1n) is 3.47. The molecule has 0 aliphatic carbocycles. The van der Waals surface area contributed by atoms with E-state index in [4.69, 9.17) is 5.73 Å². The van der Waals surface area contributed by atoms with Gasteiger partial charge in [-0.25, -0.2) is 0 Å². The van der Waals surface area contributed by atoms with Gasteiger partial charge in [-0.15, -0.1) is 0 Å². The third-order valence-corrected chi connectivity index (χ3v) is 1.59. The zero-order valence-corrected chi connectivity index (χ0v) is 6.71.